The maximum atomic E-state index is 12.3. The number of hydrogen-bond donors (Lipinski definition) is 1. The lowest BCUT2D eigenvalue weighted by molar-refractivity contribution is -0.113. The second kappa shape index (κ2) is 9.21. The Labute approximate surface area is 164 Å². The molecule has 2 aromatic rings. The Bertz CT molecular complexity index is 739. The van der Waals surface area contributed by atoms with Crippen molar-refractivity contribution in [1.29, 1.82) is 0 Å². The van der Waals surface area contributed by atoms with E-state index in [1.54, 1.807) is 0 Å². The van der Waals surface area contributed by atoms with Crippen LogP contribution in [0.5, 0.6) is 0 Å². The van der Waals surface area contributed by atoms with E-state index in [1.165, 1.54) is 24.6 Å². The summed E-state index contributed by atoms with van der Waals surface area (Å²) in [5.74, 6) is 0.243. The largest absolute Gasteiger partial charge is 0.369 e. The van der Waals surface area contributed by atoms with Gasteiger partial charge in [0.2, 0.25) is 11.1 Å². The normalized spacial score (nSPS) is 14.7. The average Bonchev–Trinajstić information content (AvgIpc) is 3.33. The molecule has 1 aliphatic carbocycles. The number of rotatable bonds is 8. The first kappa shape index (κ1) is 19.7. The van der Waals surface area contributed by atoms with E-state index in [2.05, 4.69) is 46.5 Å². The lowest BCUT2D eigenvalue weighted by atomic mass is 10.2. The van der Waals surface area contributed by atoms with E-state index in [0.29, 0.717) is 17.8 Å². The monoisotopic (exact) mass is 388 g/mol. The van der Waals surface area contributed by atoms with E-state index in [0.717, 1.165) is 35.9 Å². The van der Waals surface area contributed by atoms with Gasteiger partial charge in [-0.2, -0.15) is 0 Å². The SMILES string of the molecule is CCN(c1ccc(NC(=O)CSc2nnnn2C2CCCC2)cc1)C(C)C. The van der Waals surface area contributed by atoms with E-state index >= 15 is 0 Å². The van der Waals surface area contributed by atoms with Crippen LogP contribution in [0.25, 0.3) is 0 Å². The Balaban J connectivity index is 1.53. The molecule has 1 aromatic carbocycles. The first-order valence-corrected chi connectivity index (χ1v) is 10.6. The third-order valence-electron chi connectivity index (χ3n) is 4.91. The number of carbonyl (C=O) groups is 1. The molecule has 1 aliphatic rings. The molecule has 1 fully saturated rings. The molecule has 146 valence electrons. The van der Waals surface area contributed by atoms with Gasteiger partial charge in [0.25, 0.3) is 0 Å². The van der Waals surface area contributed by atoms with Crippen LogP contribution in [0.1, 0.15) is 52.5 Å². The summed E-state index contributed by atoms with van der Waals surface area (Å²) in [5, 5.41) is 15.6. The molecule has 0 radical (unpaired) electrons. The second-order valence-electron chi connectivity index (χ2n) is 7.11. The van der Waals surface area contributed by atoms with Gasteiger partial charge in [0.05, 0.1) is 11.8 Å². The fourth-order valence-corrected chi connectivity index (χ4v) is 4.31. The van der Waals surface area contributed by atoms with Crippen molar-refractivity contribution in [3.05, 3.63) is 24.3 Å². The molecule has 3 rings (SSSR count). The summed E-state index contributed by atoms with van der Waals surface area (Å²) < 4.78 is 1.88. The van der Waals surface area contributed by atoms with Crippen molar-refractivity contribution in [2.45, 2.75) is 63.7 Å². The van der Waals surface area contributed by atoms with Crippen LogP contribution in [-0.2, 0) is 4.79 Å². The van der Waals surface area contributed by atoms with Crippen molar-refractivity contribution in [2.75, 3.05) is 22.5 Å². The van der Waals surface area contributed by atoms with Crippen LogP contribution < -0.4 is 10.2 Å². The maximum Gasteiger partial charge on any atom is 0.234 e. The molecular weight excluding hydrogens is 360 g/mol. The number of benzene rings is 1. The number of amides is 1. The first-order valence-electron chi connectivity index (χ1n) is 9.65. The Morgan fingerprint density at radius 1 is 1.30 bits per heavy atom. The molecule has 0 spiro atoms. The zero-order valence-corrected chi connectivity index (χ0v) is 17.1. The van der Waals surface area contributed by atoms with Gasteiger partial charge in [0, 0.05) is 24.0 Å². The molecule has 1 aromatic heterocycles. The predicted molar refractivity (Wildman–Crippen MR) is 109 cm³/mol. The highest BCUT2D eigenvalue weighted by Gasteiger charge is 2.22. The van der Waals surface area contributed by atoms with Crippen molar-refractivity contribution >= 4 is 29.0 Å². The van der Waals surface area contributed by atoms with Crippen molar-refractivity contribution in [1.82, 2.24) is 20.2 Å². The Morgan fingerprint density at radius 3 is 2.63 bits per heavy atom. The first-order chi connectivity index (χ1) is 13.1. The summed E-state index contributed by atoms with van der Waals surface area (Å²) in [7, 11) is 0. The lowest BCUT2D eigenvalue weighted by Crippen LogP contribution is -2.30. The summed E-state index contributed by atoms with van der Waals surface area (Å²) in [6, 6.07) is 8.81. The maximum absolute atomic E-state index is 12.3. The molecular formula is C19H28N6OS. The van der Waals surface area contributed by atoms with E-state index < -0.39 is 0 Å². The number of hydrogen-bond acceptors (Lipinski definition) is 6. The van der Waals surface area contributed by atoms with Gasteiger partial charge in [-0.25, -0.2) is 4.68 Å². The van der Waals surface area contributed by atoms with Crippen LogP contribution in [0.4, 0.5) is 11.4 Å². The Hall–Kier alpha value is -2.09. The predicted octanol–water partition coefficient (Wildman–Crippen LogP) is 3.75. The van der Waals surface area contributed by atoms with Gasteiger partial charge < -0.3 is 10.2 Å². The lowest BCUT2D eigenvalue weighted by Gasteiger charge is -2.27. The van der Waals surface area contributed by atoms with Gasteiger partial charge in [0.15, 0.2) is 0 Å². The summed E-state index contributed by atoms with van der Waals surface area (Å²) in [5.41, 5.74) is 1.97. The van der Waals surface area contributed by atoms with Crippen LogP contribution in [0.15, 0.2) is 29.4 Å². The third-order valence-corrected chi connectivity index (χ3v) is 5.85. The average molecular weight is 389 g/mol. The molecule has 0 bridgehead atoms. The van der Waals surface area contributed by atoms with Crippen molar-refractivity contribution in [3.8, 4) is 0 Å². The van der Waals surface area contributed by atoms with Crippen LogP contribution in [0, 0.1) is 0 Å². The highest BCUT2D eigenvalue weighted by molar-refractivity contribution is 7.99. The van der Waals surface area contributed by atoms with E-state index in [9.17, 15) is 4.79 Å². The molecule has 1 amide bonds. The number of aromatic nitrogens is 4. The fraction of sp³-hybridized carbons (Fsp3) is 0.579. The van der Waals surface area contributed by atoms with Crippen molar-refractivity contribution in [2.24, 2.45) is 0 Å². The zero-order chi connectivity index (χ0) is 19.2. The van der Waals surface area contributed by atoms with Crippen LogP contribution in [0.2, 0.25) is 0 Å². The van der Waals surface area contributed by atoms with Gasteiger partial charge >= 0.3 is 0 Å². The Morgan fingerprint density at radius 2 is 2.00 bits per heavy atom. The number of carbonyl (C=O) groups excluding carboxylic acids is 1. The van der Waals surface area contributed by atoms with E-state index in [4.69, 9.17) is 0 Å². The minimum atomic E-state index is -0.0510. The van der Waals surface area contributed by atoms with Gasteiger partial charge in [-0.05, 0) is 68.3 Å². The summed E-state index contributed by atoms with van der Waals surface area (Å²) in [6.07, 6.45) is 4.67. The quantitative estimate of drug-likeness (QED) is 0.694. The molecule has 1 saturated carbocycles. The highest BCUT2D eigenvalue weighted by atomic mass is 32.2. The zero-order valence-electron chi connectivity index (χ0n) is 16.3. The standard InChI is InChI=1S/C19H28N6OS/c1-4-24(14(2)3)16-11-9-15(10-12-16)20-18(26)13-27-19-21-22-23-25(19)17-7-5-6-8-17/h9-12,14,17H,4-8,13H2,1-3H3,(H,20,26). The topological polar surface area (TPSA) is 75.9 Å². The van der Waals surface area contributed by atoms with Crippen LogP contribution in [-0.4, -0.2) is 44.5 Å². The van der Waals surface area contributed by atoms with Gasteiger partial charge in [-0.15, -0.1) is 5.10 Å². The molecule has 27 heavy (non-hydrogen) atoms. The van der Waals surface area contributed by atoms with Crippen LogP contribution >= 0.6 is 11.8 Å². The molecule has 8 heteroatoms. The number of nitrogens with one attached hydrogen (secondary N) is 1. The van der Waals surface area contributed by atoms with E-state index in [-0.39, 0.29) is 5.91 Å². The molecule has 0 saturated heterocycles. The smallest absolute Gasteiger partial charge is 0.234 e. The fourth-order valence-electron chi connectivity index (χ4n) is 3.57. The summed E-state index contributed by atoms with van der Waals surface area (Å²) in [4.78, 5) is 14.6. The van der Waals surface area contributed by atoms with Crippen molar-refractivity contribution < 1.29 is 4.79 Å². The summed E-state index contributed by atoms with van der Waals surface area (Å²) in [6.45, 7) is 7.45. The minimum Gasteiger partial charge on any atom is -0.369 e. The number of anilines is 2. The number of nitrogens with zero attached hydrogens (tertiary/aromatic N) is 5. The van der Waals surface area contributed by atoms with E-state index in [1.807, 2.05) is 28.9 Å². The minimum absolute atomic E-state index is 0.0510. The molecule has 1 heterocycles. The molecule has 0 unspecified atom stereocenters. The molecule has 1 N–H and O–H groups in total. The molecule has 7 nitrogen and oxygen atoms in total. The summed E-state index contributed by atoms with van der Waals surface area (Å²) >= 11 is 1.39. The van der Waals surface area contributed by atoms with Crippen molar-refractivity contribution in [3.63, 3.8) is 0 Å². The number of tetrazole rings is 1. The number of thioether (sulfide) groups is 1. The van der Waals surface area contributed by atoms with Gasteiger partial charge in [-0.1, -0.05) is 24.6 Å². The molecule has 0 aliphatic heterocycles. The Kier molecular flexibility index (Phi) is 6.71. The van der Waals surface area contributed by atoms with Crippen LogP contribution in [0.3, 0.4) is 0 Å². The molecule has 0 atom stereocenters. The third kappa shape index (κ3) is 5.00. The van der Waals surface area contributed by atoms with Gasteiger partial charge in [-0.3, -0.25) is 4.79 Å². The van der Waals surface area contributed by atoms with Gasteiger partial charge in [0.1, 0.15) is 0 Å². The second-order valence-corrected chi connectivity index (χ2v) is 8.05. The highest BCUT2D eigenvalue weighted by Crippen LogP contribution is 2.31.